The molecule has 1 aromatic heterocycles. The molecule has 1 amide bonds. The van der Waals surface area contributed by atoms with Crippen molar-refractivity contribution in [1.29, 1.82) is 0 Å². The number of aromatic nitrogens is 2. The lowest BCUT2D eigenvalue weighted by Crippen LogP contribution is -2.33. The topological polar surface area (TPSA) is 54.9 Å². The van der Waals surface area contributed by atoms with E-state index in [9.17, 15) is 4.79 Å². The summed E-state index contributed by atoms with van der Waals surface area (Å²) in [6, 6.07) is 8.52. The van der Waals surface area contributed by atoms with Gasteiger partial charge in [-0.15, -0.1) is 0 Å². The second kappa shape index (κ2) is 9.17. The first-order valence-corrected chi connectivity index (χ1v) is 10.1. The lowest BCUT2D eigenvalue weighted by molar-refractivity contribution is -0.119. The van der Waals surface area contributed by atoms with Gasteiger partial charge in [-0.3, -0.25) is 4.79 Å². The number of nitrogens with zero attached hydrogens (tertiary/aromatic N) is 2. The first kappa shape index (κ1) is 20.4. The third-order valence-corrected chi connectivity index (χ3v) is 5.52. The molecule has 5 heteroatoms. The molecule has 2 rings (SSSR count). The Morgan fingerprint density at radius 1 is 1.08 bits per heavy atom. The van der Waals surface area contributed by atoms with E-state index in [1.54, 1.807) is 0 Å². The molecule has 0 fully saturated rings. The van der Waals surface area contributed by atoms with E-state index >= 15 is 0 Å². The number of thioether (sulfide) groups is 1. The third kappa shape index (κ3) is 5.31. The number of nitrogens with one attached hydrogen (secondary N) is 1. The van der Waals surface area contributed by atoms with Crippen LogP contribution in [0.15, 0.2) is 29.4 Å². The van der Waals surface area contributed by atoms with Crippen LogP contribution in [0.1, 0.15) is 54.9 Å². The van der Waals surface area contributed by atoms with Gasteiger partial charge < -0.3 is 5.32 Å². The summed E-state index contributed by atoms with van der Waals surface area (Å²) in [5.74, 6) is 0.641. The summed E-state index contributed by atoms with van der Waals surface area (Å²) in [4.78, 5) is 21.4. The highest BCUT2D eigenvalue weighted by Gasteiger charge is 2.19. The van der Waals surface area contributed by atoms with Crippen LogP contribution in [0.25, 0.3) is 0 Å². The van der Waals surface area contributed by atoms with Crippen LogP contribution < -0.4 is 5.32 Å². The van der Waals surface area contributed by atoms with Gasteiger partial charge in [-0.05, 0) is 49.8 Å². The Balaban J connectivity index is 2.01. The number of carbonyl (C=O) groups is 1. The maximum Gasteiger partial charge on any atom is 0.230 e. The highest BCUT2D eigenvalue weighted by atomic mass is 32.2. The number of hydrogen-bond donors (Lipinski definition) is 1. The van der Waals surface area contributed by atoms with Crippen LogP contribution in [0.3, 0.4) is 0 Å². The van der Waals surface area contributed by atoms with Gasteiger partial charge in [0.25, 0.3) is 0 Å². The summed E-state index contributed by atoms with van der Waals surface area (Å²) in [5.41, 5.74) is 5.50. The van der Waals surface area contributed by atoms with Gasteiger partial charge >= 0.3 is 0 Å². The minimum Gasteiger partial charge on any atom is -0.348 e. The fourth-order valence-electron chi connectivity index (χ4n) is 2.75. The van der Waals surface area contributed by atoms with E-state index < -0.39 is 0 Å². The molecule has 2 aromatic rings. The van der Waals surface area contributed by atoms with Crippen LogP contribution in [-0.2, 0) is 11.2 Å². The summed E-state index contributed by atoms with van der Waals surface area (Å²) in [7, 11) is 0. The normalized spacial score (nSPS) is 12.3. The van der Waals surface area contributed by atoms with Gasteiger partial charge in [0.05, 0.1) is 11.8 Å². The molecule has 0 aliphatic heterocycles. The number of aryl methyl sites for hydroxylation is 3. The van der Waals surface area contributed by atoms with E-state index in [1.807, 2.05) is 20.8 Å². The zero-order chi connectivity index (χ0) is 19.3. The Bertz CT molecular complexity index is 733. The third-order valence-electron chi connectivity index (χ3n) is 4.67. The summed E-state index contributed by atoms with van der Waals surface area (Å²) in [6.45, 7) is 12.4. The Morgan fingerprint density at radius 2 is 1.65 bits per heavy atom. The fraction of sp³-hybridized carbons (Fsp3) is 0.476. The zero-order valence-electron chi connectivity index (χ0n) is 16.6. The summed E-state index contributed by atoms with van der Waals surface area (Å²) in [6.07, 6.45) is 1.02. The minimum absolute atomic E-state index is 0.00718. The first-order valence-electron chi connectivity index (χ1n) is 9.14. The van der Waals surface area contributed by atoms with Crippen molar-refractivity contribution >= 4 is 17.7 Å². The lowest BCUT2D eigenvalue weighted by atomic mass is 9.95. The van der Waals surface area contributed by atoms with Gasteiger partial charge in [-0.2, -0.15) is 0 Å². The van der Waals surface area contributed by atoms with Crippen molar-refractivity contribution in [3.8, 4) is 0 Å². The van der Waals surface area contributed by atoms with Crippen LogP contribution in [0.5, 0.6) is 0 Å². The van der Waals surface area contributed by atoms with E-state index in [1.165, 1.54) is 17.3 Å². The van der Waals surface area contributed by atoms with Crippen molar-refractivity contribution in [2.45, 2.75) is 59.2 Å². The van der Waals surface area contributed by atoms with Crippen molar-refractivity contribution < 1.29 is 4.79 Å². The summed E-state index contributed by atoms with van der Waals surface area (Å²) >= 11 is 1.39. The molecule has 1 aromatic carbocycles. The van der Waals surface area contributed by atoms with Crippen molar-refractivity contribution in [3.63, 3.8) is 0 Å². The maximum atomic E-state index is 12.5. The van der Waals surface area contributed by atoms with Crippen molar-refractivity contribution in [2.24, 2.45) is 5.92 Å². The molecule has 26 heavy (non-hydrogen) atoms. The first-order chi connectivity index (χ1) is 12.3. The van der Waals surface area contributed by atoms with E-state index in [0.29, 0.717) is 16.8 Å². The molecule has 0 saturated heterocycles. The second-order valence-electron chi connectivity index (χ2n) is 6.98. The van der Waals surface area contributed by atoms with Crippen LogP contribution in [0.4, 0.5) is 0 Å². The van der Waals surface area contributed by atoms with E-state index in [-0.39, 0.29) is 11.9 Å². The molecule has 1 atom stereocenters. The van der Waals surface area contributed by atoms with Gasteiger partial charge in [0.15, 0.2) is 5.16 Å². The number of carbonyl (C=O) groups excluding carboxylic acids is 1. The Morgan fingerprint density at radius 3 is 2.15 bits per heavy atom. The molecular weight excluding hydrogens is 342 g/mol. The SMILES string of the molecule is CCc1ccc([C@H](NC(=O)CSc2nc(C)c(C)c(C)n2)C(C)C)cc1. The van der Waals surface area contributed by atoms with E-state index in [2.05, 4.69) is 60.3 Å². The predicted molar refractivity (Wildman–Crippen MR) is 109 cm³/mol. The molecule has 0 radical (unpaired) electrons. The molecule has 0 bridgehead atoms. The van der Waals surface area contributed by atoms with Crippen molar-refractivity contribution in [2.75, 3.05) is 5.75 Å². The average molecular weight is 372 g/mol. The molecule has 0 unspecified atom stereocenters. The minimum atomic E-state index is 0.00718. The maximum absolute atomic E-state index is 12.5. The average Bonchev–Trinajstić information content (AvgIpc) is 2.62. The van der Waals surface area contributed by atoms with Gasteiger partial charge in [0.1, 0.15) is 0 Å². The van der Waals surface area contributed by atoms with Gasteiger partial charge in [-0.25, -0.2) is 9.97 Å². The number of benzene rings is 1. The van der Waals surface area contributed by atoms with E-state index in [4.69, 9.17) is 0 Å². The monoisotopic (exact) mass is 371 g/mol. The van der Waals surface area contributed by atoms with Crippen molar-refractivity contribution in [1.82, 2.24) is 15.3 Å². The molecule has 0 aliphatic carbocycles. The number of hydrogen-bond acceptors (Lipinski definition) is 4. The molecular formula is C21H29N3OS. The molecule has 1 heterocycles. The van der Waals surface area contributed by atoms with Gasteiger partial charge in [-0.1, -0.05) is 56.8 Å². The highest BCUT2D eigenvalue weighted by Crippen LogP contribution is 2.23. The van der Waals surface area contributed by atoms with Crippen molar-refractivity contribution in [3.05, 3.63) is 52.3 Å². The van der Waals surface area contributed by atoms with Crippen LogP contribution >= 0.6 is 11.8 Å². The summed E-state index contributed by atoms with van der Waals surface area (Å²) in [5, 5.41) is 3.83. The Kier molecular flexibility index (Phi) is 7.21. The highest BCUT2D eigenvalue weighted by molar-refractivity contribution is 7.99. The predicted octanol–water partition coefficient (Wildman–Crippen LogP) is 4.57. The quantitative estimate of drug-likeness (QED) is 0.572. The number of amides is 1. The second-order valence-corrected chi connectivity index (χ2v) is 7.92. The molecule has 0 aliphatic rings. The molecule has 0 saturated carbocycles. The zero-order valence-corrected chi connectivity index (χ0v) is 17.4. The molecule has 1 N–H and O–H groups in total. The van der Waals surface area contributed by atoms with Gasteiger partial charge in [0.2, 0.25) is 5.91 Å². The van der Waals surface area contributed by atoms with Crippen LogP contribution in [-0.4, -0.2) is 21.6 Å². The molecule has 0 spiro atoms. The Hall–Kier alpha value is -1.88. The van der Waals surface area contributed by atoms with Gasteiger partial charge in [0, 0.05) is 11.4 Å². The molecule has 4 nitrogen and oxygen atoms in total. The largest absolute Gasteiger partial charge is 0.348 e. The van der Waals surface area contributed by atoms with E-state index in [0.717, 1.165) is 28.9 Å². The lowest BCUT2D eigenvalue weighted by Gasteiger charge is -2.23. The summed E-state index contributed by atoms with van der Waals surface area (Å²) < 4.78 is 0. The van der Waals surface area contributed by atoms with Crippen LogP contribution in [0.2, 0.25) is 0 Å². The number of rotatable bonds is 7. The molecule has 140 valence electrons. The smallest absolute Gasteiger partial charge is 0.230 e. The standard InChI is InChI=1S/C21H29N3OS/c1-7-17-8-10-18(11-9-17)20(13(2)3)24-19(25)12-26-21-22-15(5)14(4)16(6)23-21/h8-11,13,20H,7,12H2,1-6H3,(H,24,25)/t20-/m1/s1. The van der Waals surface area contributed by atoms with Crippen LogP contribution in [0, 0.1) is 26.7 Å². The fourth-order valence-corrected chi connectivity index (χ4v) is 3.49. The Labute approximate surface area is 161 Å².